The standard InChI is InChI=1S/C23H19NO3.K/c1-2-21(25)18-9-6-10-19(15-18)23(27)24-20-13-11-17(12-14-20)22(26)16-7-4-3-5-8-16;/h3-15H,2H2,1H3,(H,24,26,27);/q;+1/p-1. The molecule has 0 aliphatic carbocycles. The first-order valence-corrected chi connectivity index (χ1v) is 8.67. The predicted molar refractivity (Wildman–Crippen MR) is 105 cm³/mol. The van der Waals surface area contributed by atoms with Crippen molar-refractivity contribution >= 4 is 23.2 Å². The minimum absolute atomic E-state index is 0. The Morgan fingerprint density at radius 2 is 1.29 bits per heavy atom. The van der Waals surface area contributed by atoms with Crippen LogP contribution < -0.4 is 51.4 Å². The molecule has 0 atom stereocenters. The maximum absolute atomic E-state index is 12.4. The van der Waals surface area contributed by atoms with Crippen LogP contribution in [-0.4, -0.2) is 17.5 Å². The second-order valence-corrected chi connectivity index (χ2v) is 6.02. The van der Waals surface area contributed by atoms with Crippen LogP contribution in [-0.2, 0) is 0 Å². The molecule has 0 bridgehead atoms. The summed E-state index contributed by atoms with van der Waals surface area (Å²) in [5.74, 6) is -0.532. The van der Waals surface area contributed by atoms with Gasteiger partial charge < -0.3 is 10.1 Å². The van der Waals surface area contributed by atoms with E-state index in [1.807, 2.05) is 18.2 Å². The van der Waals surface area contributed by atoms with Crippen molar-refractivity contribution in [3.05, 3.63) is 106 Å². The number of nitrogens with zero attached hydrogens (tertiary/aromatic N) is 1. The van der Waals surface area contributed by atoms with Crippen molar-refractivity contribution in [1.29, 1.82) is 0 Å². The molecule has 5 heteroatoms. The third kappa shape index (κ3) is 5.56. The van der Waals surface area contributed by atoms with Gasteiger partial charge in [-0.15, -0.1) is 5.69 Å². The largest absolute Gasteiger partial charge is 1.00 e. The topological polar surface area (TPSA) is 65.3 Å². The Morgan fingerprint density at radius 3 is 1.93 bits per heavy atom. The molecule has 134 valence electrons. The van der Waals surface area contributed by atoms with Crippen molar-refractivity contribution in [3.8, 4) is 0 Å². The van der Waals surface area contributed by atoms with E-state index in [-0.39, 0.29) is 63.0 Å². The number of carbonyl (C=O) groups excluding carboxylic acids is 3. The van der Waals surface area contributed by atoms with Crippen LogP contribution in [0.25, 0.3) is 5.32 Å². The van der Waals surface area contributed by atoms with E-state index >= 15 is 0 Å². The van der Waals surface area contributed by atoms with Gasteiger partial charge in [-0.25, -0.2) is 0 Å². The van der Waals surface area contributed by atoms with E-state index in [2.05, 4.69) is 5.32 Å². The Balaban J connectivity index is 0.00000280. The molecule has 0 aliphatic heterocycles. The molecule has 3 aromatic rings. The SMILES string of the molecule is CCC(=O)c1cccc(C(=O)[N-]c2ccc(C(=O)c3ccccc3)cc2)c1.[K+]. The molecule has 4 nitrogen and oxygen atoms in total. The molecule has 0 unspecified atom stereocenters. The monoisotopic (exact) mass is 395 g/mol. The van der Waals surface area contributed by atoms with Gasteiger partial charge in [0.25, 0.3) is 0 Å². The Labute approximate surface area is 206 Å². The molecule has 3 aromatic carbocycles. The van der Waals surface area contributed by atoms with Crippen LogP contribution in [0.2, 0.25) is 0 Å². The van der Waals surface area contributed by atoms with E-state index in [4.69, 9.17) is 0 Å². The molecule has 0 aliphatic rings. The first-order valence-electron chi connectivity index (χ1n) is 8.67. The number of rotatable bonds is 6. The van der Waals surface area contributed by atoms with Gasteiger partial charge in [0, 0.05) is 28.7 Å². The van der Waals surface area contributed by atoms with Gasteiger partial charge in [0.05, 0.1) is 5.91 Å². The van der Waals surface area contributed by atoms with Crippen LogP contribution in [0.15, 0.2) is 78.9 Å². The zero-order valence-electron chi connectivity index (χ0n) is 15.9. The molecule has 0 N–H and O–H groups in total. The molecule has 0 radical (unpaired) electrons. The fraction of sp³-hybridized carbons (Fsp3) is 0.0870. The van der Waals surface area contributed by atoms with Crippen LogP contribution in [0.1, 0.15) is 50.0 Å². The maximum Gasteiger partial charge on any atom is 1.00 e. The molecule has 3 rings (SSSR count). The summed E-state index contributed by atoms with van der Waals surface area (Å²) in [6, 6.07) is 22.1. The Morgan fingerprint density at radius 1 is 0.714 bits per heavy atom. The summed E-state index contributed by atoms with van der Waals surface area (Å²) < 4.78 is 0. The van der Waals surface area contributed by atoms with Gasteiger partial charge in [-0.05, 0) is 6.07 Å². The first kappa shape index (κ1) is 22.4. The van der Waals surface area contributed by atoms with E-state index in [1.165, 1.54) is 0 Å². The van der Waals surface area contributed by atoms with Crippen LogP contribution in [0.4, 0.5) is 5.69 Å². The Kier molecular flexibility index (Phi) is 8.48. The van der Waals surface area contributed by atoms with E-state index in [0.717, 1.165) is 0 Å². The molecule has 0 saturated heterocycles. The Bertz CT molecular complexity index is 982. The Hall–Kier alpha value is -1.89. The number of benzene rings is 3. The van der Waals surface area contributed by atoms with E-state index in [0.29, 0.717) is 34.4 Å². The zero-order chi connectivity index (χ0) is 19.2. The molecule has 0 aromatic heterocycles. The third-order valence-electron chi connectivity index (χ3n) is 4.15. The summed E-state index contributed by atoms with van der Waals surface area (Å²) in [6.45, 7) is 1.78. The summed E-state index contributed by atoms with van der Waals surface area (Å²) in [5.41, 5.74) is 2.46. The summed E-state index contributed by atoms with van der Waals surface area (Å²) in [4.78, 5) is 36.6. The second-order valence-electron chi connectivity index (χ2n) is 6.02. The fourth-order valence-electron chi connectivity index (χ4n) is 2.66. The van der Waals surface area contributed by atoms with Crippen molar-refractivity contribution in [1.82, 2.24) is 0 Å². The predicted octanol–water partition coefficient (Wildman–Crippen LogP) is 2.36. The number of ketones is 2. The van der Waals surface area contributed by atoms with Crippen molar-refractivity contribution in [2.45, 2.75) is 13.3 Å². The molecular formula is C23H18KNO3. The number of Topliss-reactive ketones (excluding diaryl/α,β-unsaturated/α-hetero) is 1. The van der Waals surface area contributed by atoms with E-state index in [9.17, 15) is 14.4 Å². The molecule has 1 amide bonds. The van der Waals surface area contributed by atoms with Crippen molar-refractivity contribution in [2.75, 3.05) is 0 Å². The van der Waals surface area contributed by atoms with Gasteiger partial charge in [-0.3, -0.25) is 9.59 Å². The van der Waals surface area contributed by atoms with Crippen LogP contribution in [0.5, 0.6) is 0 Å². The summed E-state index contributed by atoms with van der Waals surface area (Å²) >= 11 is 0. The van der Waals surface area contributed by atoms with Crippen molar-refractivity contribution in [2.24, 2.45) is 0 Å². The van der Waals surface area contributed by atoms with E-state index in [1.54, 1.807) is 67.6 Å². The zero-order valence-corrected chi connectivity index (χ0v) is 19.0. The van der Waals surface area contributed by atoms with Crippen LogP contribution in [0, 0.1) is 0 Å². The maximum atomic E-state index is 12.4. The molecule has 0 heterocycles. The van der Waals surface area contributed by atoms with Gasteiger partial charge in [-0.1, -0.05) is 79.7 Å². The van der Waals surface area contributed by atoms with Gasteiger partial charge in [0.1, 0.15) is 0 Å². The van der Waals surface area contributed by atoms with E-state index < -0.39 is 5.91 Å². The number of hydrogen-bond donors (Lipinski definition) is 0. The number of hydrogen-bond acceptors (Lipinski definition) is 3. The van der Waals surface area contributed by atoms with Gasteiger partial charge >= 0.3 is 51.4 Å². The normalized spacial score (nSPS) is 9.89. The fourth-order valence-corrected chi connectivity index (χ4v) is 2.66. The van der Waals surface area contributed by atoms with Gasteiger partial charge in [0.2, 0.25) is 0 Å². The van der Waals surface area contributed by atoms with Gasteiger partial charge in [-0.2, -0.15) is 0 Å². The number of amides is 1. The smallest absolute Gasteiger partial charge is 0.623 e. The number of carbonyl (C=O) groups is 3. The average Bonchev–Trinajstić information content (AvgIpc) is 2.74. The molecule has 0 fully saturated rings. The van der Waals surface area contributed by atoms with Crippen LogP contribution in [0.3, 0.4) is 0 Å². The summed E-state index contributed by atoms with van der Waals surface area (Å²) in [6.07, 6.45) is 0.381. The molecule has 28 heavy (non-hydrogen) atoms. The first-order chi connectivity index (χ1) is 13.1. The third-order valence-corrected chi connectivity index (χ3v) is 4.15. The average molecular weight is 395 g/mol. The molecule has 0 saturated carbocycles. The molecular weight excluding hydrogens is 377 g/mol. The van der Waals surface area contributed by atoms with Gasteiger partial charge in [0.15, 0.2) is 11.6 Å². The quantitative estimate of drug-likeness (QED) is 0.475. The minimum Gasteiger partial charge on any atom is -0.623 e. The summed E-state index contributed by atoms with van der Waals surface area (Å²) in [7, 11) is 0. The van der Waals surface area contributed by atoms with Crippen LogP contribution >= 0.6 is 0 Å². The molecule has 0 spiro atoms. The van der Waals surface area contributed by atoms with Crippen molar-refractivity contribution < 1.29 is 65.8 Å². The minimum atomic E-state index is -0.428. The second kappa shape index (κ2) is 10.6. The van der Waals surface area contributed by atoms with Crippen molar-refractivity contribution in [3.63, 3.8) is 0 Å². The summed E-state index contributed by atoms with van der Waals surface area (Å²) in [5, 5.41) is 4.07.